The Kier molecular flexibility index (Phi) is 4.41. The third-order valence-corrected chi connectivity index (χ3v) is 4.58. The van der Waals surface area contributed by atoms with E-state index in [-0.39, 0.29) is 11.7 Å². The lowest BCUT2D eigenvalue weighted by atomic mass is 10.2. The minimum Gasteiger partial charge on any atom is -0.457 e. The number of rotatable bonds is 3. The molecule has 2 aromatic carbocycles. The van der Waals surface area contributed by atoms with Gasteiger partial charge in [0.05, 0.1) is 10.6 Å². The molecule has 1 aliphatic rings. The van der Waals surface area contributed by atoms with E-state index in [0.29, 0.717) is 21.6 Å². The summed E-state index contributed by atoms with van der Waals surface area (Å²) in [5.41, 5.74) is 1.54. The van der Waals surface area contributed by atoms with Gasteiger partial charge in [0.25, 0.3) is 5.91 Å². The van der Waals surface area contributed by atoms with Crippen molar-refractivity contribution in [2.75, 3.05) is 0 Å². The molecule has 1 amide bonds. The topological polar surface area (TPSA) is 54.6 Å². The van der Waals surface area contributed by atoms with Crippen LogP contribution < -0.4 is 5.32 Å². The Bertz CT molecular complexity index is 1010. The summed E-state index contributed by atoms with van der Waals surface area (Å²) >= 11 is 1.26. The molecule has 0 saturated carbocycles. The number of amides is 1. The van der Waals surface area contributed by atoms with Crippen molar-refractivity contribution >= 4 is 34.6 Å². The maximum absolute atomic E-state index is 13.0. The van der Waals surface area contributed by atoms with Gasteiger partial charge in [0.1, 0.15) is 17.3 Å². The number of aliphatic imine (C=N–C) groups is 1. The first-order valence-corrected chi connectivity index (χ1v) is 8.69. The molecule has 0 atom stereocenters. The zero-order valence-electron chi connectivity index (χ0n) is 13.5. The van der Waals surface area contributed by atoms with Crippen LogP contribution in [0.4, 0.5) is 10.1 Å². The van der Waals surface area contributed by atoms with Gasteiger partial charge >= 0.3 is 0 Å². The van der Waals surface area contributed by atoms with Crippen molar-refractivity contribution in [3.63, 3.8) is 0 Å². The lowest BCUT2D eigenvalue weighted by Crippen LogP contribution is -2.19. The minimum atomic E-state index is -0.299. The molecule has 0 radical (unpaired) electrons. The van der Waals surface area contributed by atoms with Crippen LogP contribution in [0, 0.1) is 5.82 Å². The van der Waals surface area contributed by atoms with Crippen LogP contribution in [0.2, 0.25) is 0 Å². The number of benzene rings is 2. The average Bonchev–Trinajstić information content (AvgIpc) is 3.24. The Morgan fingerprint density at radius 3 is 2.54 bits per heavy atom. The van der Waals surface area contributed by atoms with Crippen molar-refractivity contribution in [1.29, 1.82) is 0 Å². The predicted octanol–water partition coefficient (Wildman–Crippen LogP) is 4.98. The van der Waals surface area contributed by atoms with Crippen LogP contribution in [-0.4, -0.2) is 11.1 Å². The summed E-state index contributed by atoms with van der Waals surface area (Å²) < 4.78 is 18.8. The maximum Gasteiger partial charge on any atom is 0.264 e. The van der Waals surface area contributed by atoms with Crippen LogP contribution in [0.3, 0.4) is 0 Å². The zero-order valence-corrected chi connectivity index (χ0v) is 14.3. The molecule has 1 N–H and O–H groups in total. The van der Waals surface area contributed by atoms with E-state index in [1.807, 2.05) is 30.3 Å². The molecular weight excluding hydrogens is 351 g/mol. The molecule has 1 saturated heterocycles. The van der Waals surface area contributed by atoms with Crippen molar-refractivity contribution in [3.8, 4) is 11.3 Å². The number of amidine groups is 1. The average molecular weight is 364 g/mol. The predicted molar refractivity (Wildman–Crippen MR) is 101 cm³/mol. The number of hydrogen-bond donors (Lipinski definition) is 1. The number of nitrogens with one attached hydrogen (secondary N) is 1. The molecule has 1 aliphatic heterocycles. The van der Waals surface area contributed by atoms with E-state index in [1.165, 1.54) is 23.9 Å². The molecule has 6 heteroatoms. The minimum absolute atomic E-state index is 0.218. The molecule has 4 rings (SSSR count). The van der Waals surface area contributed by atoms with Crippen molar-refractivity contribution in [3.05, 3.63) is 83.2 Å². The van der Waals surface area contributed by atoms with Gasteiger partial charge in [-0.15, -0.1) is 0 Å². The first-order valence-electron chi connectivity index (χ1n) is 7.88. The lowest BCUT2D eigenvalue weighted by Gasteiger charge is -1.96. The largest absolute Gasteiger partial charge is 0.457 e. The first-order chi connectivity index (χ1) is 12.7. The summed E-state index contributed by atoms with van der Waals surface area (Å²) in [6, 6.07) is 19.0. The highest BCUT2D eigenvalue weighted by atomic mass is 32.2. The Balaban J connectivity index is 1.54. The van der Waals surface area contributed by atoms with Gasteiger partial charge in [0.2, 0.25) is 0 Å². The van der Waals surface area contributed by atoms with E-state index in [9.17, 15) is 9.18 Å². The number of para-hydroxylation sites is 1. The highest BCUT2D eigenvalue weighted by Crippen LogP contribution is 2.30. The van der Waals surface area contributed by atoms with Gasteiger partial charge in [-0.2, -0.15) is 0 Å². The molecule has 0 unspecified atom stereocenters. The second-order valence-electron chi connectivity index (χ2n) is 5.53. The van der Waals surface area contributed by atoms with Gasteiger partial charge in [-0.3, -0.25) is 4.79 Å². The second kappa shape index (κ2) is 7.01. The molecule has 0 bridgehead atoms. The van der Waals surface area contributed by atoms with Gasteiger partial charge in [-0.1, -0.05) is 18.2 Å². The fourth-order valence-corrected chi connectivity index (χ4v) is 3.25. The lowest BCUT2D eigenvalue weighted by molar-refractivity contribution is -0.115. The van der Waals surface area contributed by atoms with Crippen LogP contribution in [0.5, 0.6) is 0 Å². The molecular formula is C20H13FN2O2S. The number of carbonyl (C=O) groups is 1. The van der Waals surface area contributed by atoms with Crippen LogP contribution in [0.1, 0.15) is 5.76 Å². The summed E-state index contributed by atoms with van der Waals surface area (Å²) in [6.45, 7) is 0. The van der Waals surface area contributed by atoms with Crippen molar-refractivity contribution < 1.29 is 13.6 Å². The fourth-order valence-electron chi connectivity index (χ4n) is 2.43. The van der Waals surface area contributed by atoms with E-state index in [4.69, 9.17) is 4.42 Å². The first kappa shape index (κ1) is 16.4. The van der Waals surface area contributed by atoms with Gasteiger partial charge in [0.15, 0.2) is 5.17 Å². The van der Waals surface area contributed by atoms with Crippen LogP contribution in [0.15, 0.2) is 81.0 Å². The molecule has 128 valence electrons. The van der Waals surface area contributed by atoms with Crippen LogP contribution >= 0.6 is 11.8 Å². The molecule has 26 heavy (non-hydrogen) atoms. The fraction of sp³-hybridized carbons (Fsp3) is 0. The monoisotopic (exact) mass is 364 g/mol. The summed E-state index contributed by atoms with van der Waals surface area (Å²) in [7, 11) is 0. The van der Waals surface area contributed by atoms with Crippen LogP contribution in [-0.2, 0) is 4.79 Å². The molecule has 0 spiro atoms. The molecule has 4 nitrogen and oxygen atoms in total. The maximum atomic E-state index is 13.0. The van der Waals surface area contributed by atoms with Gasteiger partial charge in [0, 0.05) is 11.6 Å². The van der Waals surface area contributed by atoms with Crippen molar-refractivity contribution in [2.24, 2.45) is 4.99 Å². The van der Waals surface area contributed by atoms with E-state index < -0.39 is 0 Å². The Morgan fingerprint density at radius 2 is 1.77 bits per heavy atom. The number of hydrogen-bond acceptors (Lipinski definition) is 4. The molecule has 1 aromatic heterocycles. The highest BCUT2D eigenvalue weighted by Gasteiger charge is 2.24. The van der Waals surface area contributed by atoms with Crippen molar-refractivity contribution in [1.82, 2.24) is 5.32 Å². The van der Waals surface area contributed by atoms with Gasteiger partial charge < -0.3 is 9.73 Å². The third kappa shape index (κ3) is 3.60. The normalized spacial score (nSPS) is 17.0. The Labute approximate surface area is 153 Å². The SMILES string of the molecule is O=C1NC(=Nc2ccccc2)SC1=Cc1ccc(-c2ccc(F)cc2)o1. The molecule has 0 aliphatic carbocycles. The third-order valence-electron chi connectivity index (χ3n) is 3.67. The Morgan fingerprint density at radius 1 is 1.00 bits per heavy atom. The summed E-state index contributed by atoms with van der Waals surface area (Å²) in [6.07, 6.45) is 1.67. The molecule has 3 aromatic rings. The van der Waals surface area contributed by atoms with Crippen molar-refractivity contribution in [2.45, 2.75) is 0 Å². The standard InChI is InChI=1S/C20H13FN2O2S/c21-14-8-6-13(7-9-14)17-11-10-16(25-17)12-18-19(24)23-20(26-18)22-15-4-2-1-3-5-15/h1-12H,(H,22,23,24). The number of carbonyl (C=O) groups excluding carboxylic acids is 1. The number of furan rings is 1. The number of nitrogens with zero attached hydrogens (tertiary/aromatic N) is 1. The Hall–Kier alpha value is -3.12. The highest BCUT2D eigenvalue weighted by molar-refractivity contribution is 8.18. The van der Waals surface area contributed by atoms with E-state index in [2.05, 4.69) is 10.3 Å². The van der Waals surface area contributed by atoms with Crippen LogP contribution in [0.25, 0.3) is 17.4 Å². The van der Waals surface area contributed by atoms with Gasteiger partial charge in [-0.25, -0.2) is 9.38 Å². The second-order valence-corrected chi connectivity index (χ2v) is 6.56. The van der Waals surface area contributed by atoms with E-state index in [1.54, 1.807) is 30.3 Å². The molecule has 1 fully saturated rings. The summed E-state index contributed by atoms with van der Waals surface area (Å²) in [5.74, 6) is 0.637. The number of thioether (sulfide) groups is 1. The molecule has 2 heterocycles. The summed E-state index contributed by atoms with van der Waals surface area (Å²) in [5, 5.41) is 3.27. The quantitative estimate of drug-likeness (QED) is 0.667. The smallest absolute Gasteiger partial charge is 0.264 e. The van der Waals surface area contributed by atoms with Gasteiger partial charge in [-0.05, 0) is 60.3 Å². The van der Waals surface area contributed by atoms with E-state index in [0.717, 1.165) is 11.3 Å². The summed E-state index contributed by atoms with van der Waals surface area (Å²) in [4.78, 5) is 17.0. The zero-order chi connectivity index (χ0) is 17.9. The van der Waals surface area contributed by atoms with E-state index >= 15 is 0 Å². The number of halogens is 1.